The van der Waals surface area contributed by atoms with Gasteiger partial charge in [0.15, 0.2) is 11.6 Å². The summed E-state index contributed by atoms with van der Waals surface area (Å²) in [6.07, 6.45) is 1.56. The van der Waals surface area contributed by atoms with Gasteiger partial charge in [-0.15, -0.1) is 0 Å². The summed E-state index contributed by atoms with van der Waals surface area (Å²) < 4.78 is 13.2. The molecule has 0 aliphatic heterocycles. The lowest BCUT2D eigenvalue weighted by atomic mass is 10.2. The molecule has 1 N–H and O–H groups in total. The van der Waals surface area contributed by atoms with Crippen LogP contribution in [0.1, 0.15) is 25.2 Å². The van der Waals surface area contributed by atoms with Crippen molar-refractivity contribution < 1.29 is 9.47 Å². The van der Waals surface area contributed by atoms with Crippen molar-refractivity contribution in [3.63, 3.8) is 0 Å². The average Bonchev–Trinajstić information content (AvgIpc) is 3.01. The molecule has 0 aliphatic rings. The Morgan fingerprint density at radius 1 is 1.21 bits per heavy atom. The van der Waals surface area contributed by atoms with E-state index in [4.69, 9.17) is 44.9 Å². The summed E-state index contributed by atoms with van der Waals surface area (Å²) in [6, 6.07) is 12.9. The SMILES string of the molecule is CC(C)Oc1c(Cl)cc(/C=N\n2c(COc3ccccc3)n[nH]c2=S)cc1Cl. The van der Waals surface area contributed by atoms with Crippen molar-refractivity contribution in [3.8, 4) is 11.5 Å². The number of benzene rings is 2. The second-order valence-electron chi connectivity index (χ2n) is 6.08. The smallest absolute Gasteiger partial charge is 0.216 e. The Morgan fingerprint density at radius 3 is 2.54 bits per heavy atom. The van der Waals surface area contributed by atoms with E-state index in [-0.39, 0.29) is 12.7 Å². The van der Waals surface area contributed by atoms with E-state index in [9.17, 15) is 0 Å². The van der Waals surface area contributed by atoms with Gasteiger partial charge in [0.1, 0.15) is 12.4 Å². The Balaban J connectivity index is 1.79. The van der Waals surface area contributed by atoms with E-state index in [1.165, 1.54) is 4.68 Å². The number of para-hydroxylation sites is 1. The fraction of sp³-hybridized carbons (Fsp3) is 0.211. The van der Waals surface area contributed by atoms with Crippen LogP contribution in [0.5, 0.6) is 11.5 Å². The van der Waals surface area contributed by atoms with E-state index in [0.717, 1.165) is 5.75 Å². The largest absolute Gasteiger partial charge is 0.488 e. The van der Waals surface area contributed by atoms with E-state index in [2.05, 4.69) is 15.3 Å². The van der Waals surface area contributed by atoms with Gasteiger partial charge in [-0.2, -0.15) is 14.9 Å². The van der Waals surface area contributed by atoms with E-state index in [1.54, 1.807) is 18.3 Å². The van der Waals surface area contributed by atoms with Crippen molar-refractivity contribution in [2.24, 2.45) is 5.10 Å². The van der Waals surface area contributed by atoms with E-state index in [0.29, 0.717) is 32.0 Å². The molecule has 0 radical (unpaired) electrons. The predicted octanol–water partition coefficient (Wildman–Crippen LogP) is 5.50. The third kappa shape index (κ3) is 5.13. The minimum Gasteiger partial charge on any atom is -0.488 e. The molecule has 0 spiro atoms. The van der Waals surface area contributed by atoms with Gasteiger partial charge in [0.05, 0.1) is 22.4 Å². The summed E-state index contributed by atoms with van der Waals surface area (Å²) in [5, 5.41) is 12.1. The van der Waals surface area contributed by atoms with Gasteiger partial charge in [0.25, 0.3) is 0 Å². The van der Waals surface area contributed by atoms with Crippen molar-refractivity contribution >= 4 is 41.6 Å². The summed E-state index contributed by atoms with van der Waals surface area (Å²) in [5.41, 5.74) is 0.698. The number of aromatic amines is 1. The summed E-state index contributed by atoms with van der Waals surface area (Å²) >= 11 is 17.8. The first-order valence-corrected chi connectivity index (χ1v) is 9.64. The van der Waals surface area contributed by atoms with Gasteiger partial charge in [-0.1, -0.05) is 41.4 Å². The topological polar surface area (TPSA) is 64.4 Å². The van der Waals surface area contributed by atoms with Crippen LogP contribution >= 0.6 is 35.4 Å². The van der Waals surface area contributed by atoms with Crippen LogP contribution in [-0.4, -0.2) is 27.2 Å². The maximum absolute atomic E-state index is 6.28. The zero-order chi connectivity index (χ0) is 20.1. The van der Waals surface area contributed by atoms with Crippen molar-refractivity contribution in [2.75, 3.05) is 0 Å². The lowest BCUT2D eigenvalue weighted by molar-refractivity contribution is 0.243. The number of nitrogens with one attached hydrogen (secondary N) is 1. The van der Waals surface area contributed by atoms with Crippen LogP contribution < -0.4 is 9.47 Å². The zero-order valence-corrected chi connectivity index (χ0v) is 17.6. The summed E-state index contributed by atoms with van der Waals surface area (Å²) in [4.78, 5) is 0. The number of rotatable bonds is 7. The molecule has 28 heavy (non-hydrogen) atoms. The number of ether oxygens (including phenoxy) is 2. The second-order valence-corrected chi connectivity index (χ2v) is 7.28. The molecular formula is C19H18Cl2N4O2S. The van der Waals surface area contributed by atoms with Crippen LogP contribution in [0.3, 0.4) is 0 Å². The van der Waals surface area contributed by atoms with Crippen LogP contribution in [0.2, 0.25) is 10.0 Å². The highest BCUT2D eigenvalue weighted by molar-refractivity contribution is 7.71. The highest BCUT2D eigenvalue weighted by Crippen LogP contribution is 2.34. The van der Waals surface area contributed by atoms with Gasteiger partial charge >= 0.3 is 0 Å². The molecular weight excluding hydrogens is 419 g/mol. The molecule has 0 bridgehead atoms. The number of halogens is 2. The van der Waals surface area contributed by atoms with Gasteiger partial charge in [0.2, 0.25) is 4.77 Å². The molecule has 6 nitrogen and oxygen atoms in total. The molecule has 146 valence electrons. The standard InChI is InChI=1S/C19H18Cl2N4O2S/c1-12(2)27-18-15(20)8-13(9-16(18)21)10-22-25-17(23-24-19(25)28)11-26-14-6-4-3-5-7-14/h3-10,12H,11H2,1-2H3,(H,24,28)/b22-10-. The molecule has 1 aromatic heterocycles. The molecule has 3 aromatic rings. The third-order valence-corrected chi connectivity index (χ3v) is 4.35. The van der Waals surface area contributed by atoms with Crippen LogP contribution in [0.25, 0.3) is 0 Å². The molecule has 0 saturated carbocycles. The molecule has 0 unspecified atom stereocenters. The highest BCUT2D eigenvalue weighted by atomic mass is 35.5. The predicted molar refractivity (Wildman–Crippen MR) is 113 cm³/mol. The molecule has 9 heteroatoms. The first-order chi connectivity index (χ1) is 13.4. The number of aromatic nitrogens is 3. The Bertz CT molecular complexity index is 1010. The molecule has 0 fully saturated rings. The maximum Gasteiger partial charge on any atom is 0.216 e. The fourth-order valence-corrected chi connectivity index (χ4v) is 3.12. The van der Waals surface area contributed by atoms with Crippen molar-refractivity contribution in [3.05, 3.63) is 68.7 Å². The van der Waals surface area contributed by atoms with Gasteiger partial charge < -0.3 is 9.47 Å². The molecule has 0 aliphatic carbocycles. The van der Waals surface area contributed by atoms with Crippen LogP contribution in [0, 0.1) is 4.77 Å². The summed E-state index contributed by atoms with van der Waals surface area (Å²) in [6.45, 7) is 4.01. The first-order valence-electron chi connectivity index (χ1n) is 8.48. The minimum absolute atomic E-state index is 0.0362. The minimum atomic E-state index is -0.0362. The summed E-state index contributed by atoms with van der Waals surface area (Å²) in [7, 11) is 0. The van der Waals surface area contributed by atoms with Gasteiger partial charge in [0, 0.05) is 0 Å². The molecule has 0 atom stereocenters. The summed E-state index contributed by atoms with van der Waals surface area (Å²) in [5.74, 6) is 1.71. The molecule has 3 rings (SSSR count). The number of hydrogen-bond donors (Lipinski definition) is 1. The Hall–Kier alpha value is -2.35. The van der Waals surface area contributed by atoms with Crippen LogP contribution in [-0.2, 0) is 6.61 Å². The van der Waals surface area contributed by atoms with Crippen molar-refractivity contribution in [1.29, 1.82) is 0 Å². The molecule has 0 saturated heterocycles. The number of nitrogens with zero attached hydrogens (tertiary/aromatic N) is 3. The monoisotopic (exact) mass is 436 g/mol. The Kier molecular flexibility index (Phi) is 6.72. The maximum atomic E-state index is 6.28. The third-order valence-electron chi connectivity index (χ3n) is 3.53. The number of H-pyrrole nitrogens is 1. The molecule has 1 heterocycles. The van der Waals surface area contributed by atoms with E-state index >= 15 is 0 Å². The normalized spacial score (nSPS) is 11.3. The average molecular weight is 437 g/mol. The Morgan fingerprint density at radius 2 is 1.89 bits per heavy atom. The van der Waals surface area contributed by atoms with Crippen molar-refractivity contribution in [1.82, 2.24) is 14.9 Å². The quantitative estimate of drug-likeness (QED) is 0.392. The lowest BCUT2D eigenvalue weighted by Gasteiger charge is -2.13. The van der Waals surface area contributed by atoms with Crippen molar-refractivity contribution in [2.45, 2.75) is 26.6 Å². The van der Waals surface area contributed by atoms with E-state index in [1.807, 2.05) is 44.2 Å². The highest BCUT2D eigenvalue weighted by Gasteiger charge is 2.11. The number of hydrogen-bond acceptors (Lipinski definition) is 5. The fourth-order valence-electron chi connectivity index (χ4n) is 2.33. The van der Waals surface area contributed by atoms with Gasteiger partial charge in [-0.05, 0) is 55.9 Å². The zero-order valence-electron chi connectivity index (χ0n) is 15.2. The first kappa shape index (κ1) is 20.4. The van der Waals surface area contributed by atoms with Gasteiger partial charge in [-0.25, -0.2) is 5.10 Å². The lowest BCUT2D eigenvalue weighted by Crippen LogP contribution is -2.07. The molecule has 0 amide bonds. The molecule has 2 aromatic carbocycles. The Labute approximate surface area is 177 Å². The van der Waals surface area contributed by atoms with Gasteiger partial charge in [-0.3, -0.25) is 0 Å². The van der Waals surface area contributed by atoms with Crippen LogP contribution in [0.4, 0.5) is 0 Å². The van der Waals surface area contributed by atoms with Crippen LogP contribution in [0.15, 0.2) is 47.6 Å². The second kappa shape index (κ2) is 9.23. The van der Waals surface area contributed by atoms with E-state index < -0.39 is 0 Å².